The van der Waals surface area contributed by atoms with Crippen molar-refractivity contribution in [1.29, 1.82) is 5.26 Å². The van der Waals surface area contributed by atoms with Crippen LogP contribution < -0.4 is 11.1 Å². The summed E-state index contributed by atoms with van der Waals surface area (Å²) in [5.41, 5.74) is 9.19. The molecule has 0 unspecified atom stereocenters. The van der Waals surface area contributed by atoms with E-state index in [9.17, 15) is 4.79 Å². The van der Waals surface area contributed by atoms with Crippen LogP contribution in [0, 0.1) is 18.3 Å². The Morgan fingerprint density at radius 1 is 1.52 bits per heavy atom. The van der Waals surface area contributed by atoms with Gasteiger partial charge in [0.15, 0.2) is 5.69 Å². The number of nitrogen functional groups attached to an aromatic ring is 1. The number of nitrogens with two attached hydrogens (primary N) is 1. The largest absolute Gasteiger partial charge is 0.395 e. The number of nitrogens with one attached hydrogen (secondary N) is 2. The summed E-state index contributed by atoms with van der Waals surface area (Å²) in [6, 6.07) is 7.15. The van der Waals surface area contributed by atoms with Crippen LogP contribution in [-0.4, -0.2) is 16.1 Å². The van der Waals surface area contributed by atoms with E-state index in [0.29, 0.717) is 16.9 Å². The number of carbonyl (C=O) groups is 1. The summed E-state index contributed by atoms with van der Waals surface area (Å²) >= 11 is 0. The summed E-state index contributed by atoms with van der Waals surface area (Å²) in [7, 11) is 0. The zero-order chi connectivity index (χ0) is 15.4. The minimum absolute atomic E-state index is 0.181. The lowest BCUT2D eigenvalue weighted by Crippen LogP contribution is -2.15. The number of nitriles is 1. The monoisotopic (exact) mass is 283 g/mol. The van der Waals surface area contributed by atoms with Crippen LogP contribution in [-0.2, 0) is 6.42 Å². The third-order valence-electron chi connectivity index (χ3n) is 3.21. The molecule has 2 aromatic rings. The molecule has 0 bridgehead atoms. The SMILES string of the molecule is CCCc1[nH]nc(C(=O)Nc2cc(C#N)ccc2C)c1N. The van der Waals surface area contributed by atoms with E-state index in [4.69, 9.17) is 11.0 Å². The van der Waals surface area contributed by atoms with Gasteiger partial charge >= 0.3 is 0 Å². The Kier molecular flexibility index (Phi) is 4.24. The Morgan fingerprint density at radius 3 is 2.95 bits per heavy atom. The van der Waals surface area contributed by atoms with Gasteiger partial charge in [0, 0.05) is 5.69 Å². The number of benzene rings is 1. The normalized spacial score (nSPS) is 10.1. The second kappa shape index (κ2) is 6.09. The van der Waals surface area contributed by atoms with Gasteiger partial charge in [0.1, 0.15) is 0 Å². The van der Waals surface area contributed by atoms with Crippen LogP contribution in [0.25, 0.3) is 0 Å². The Bertz CT molecular complexity index is 711. The lowest BCUT2D eigenvalue weighted by Gasteiger charge is -2.07. The van der Waals surface area contributed by atoms with Crippen molar-refractivity contribution >= 4 is 17.3 Å². The molecular formula is C15H17N5O. The first-order valence-electron chi connectivity index (χ1n) is 6.71. The van der Waals surface area contributed by atoms with Gasteiger partial charge in [-0.15, -0.1) is 0 Å². The number of hydrogen-bond acceptors (Lipinski definition) is 4. The van der Waals surface area contributed by atoms with E-state index in [-0.39, 0.29) is 11.6 Å². The number of H-pyrrole nitrogens is 1. The number of aromatic nitrogens is 2. The number of carbonyl (C=O) groups excluding carboxylic acids is 1. The average Bonchev–Trinajstić information content (AvgIpc) is 2.83. The van der Waals surface area contributed by atoms with Crippen molar-refractivity contribution < 1.29 is 4.79 Å². The maximum Gasteiger partial charge on any atom is 0.278 e. The van der Waals surface area contributed by atoms with E-state index in [1.165, 1.54) is 0 Å². The molecule has 0 radical (unpaired) electrons. The van der Waals surface area contributed by atoms with Crippen molar-refractivity contribution in [3.05, 3.63) is 40.7 Å². The van der Waals surface area contributed by atoms with Crippen LogP contribution in [0.5, 0.6) is 0 Å². The van der Waals surface area contributed by atoms with E-state index in [1.807, 2.05) is 19.9 Å². The summed E-state index contributed by atoms with van der Waals surface area (Å²) in [5, 5.41) is 18.4. The van der Waals surface area contributed by atoms with Gasteiger partial charge in [-0.1, -0.05) is 19.4 Å². The molecule has 1 amide bonds. The summed E-state index contributed by atoms with van der Waals surface area (Å²) in [6.45, 7) is 3.88. The zero-order valence-electron chi connectivity index (χ0n) is 12.0. The number of rotatable bonds is 4. The standard InChI is InChI=1S/C15H17N5O/c1-3-4-11-13(17)14(20-19-11)15(21)18-12-7-10(8-16)6-5-9(12)2/h5-7H,3-4,17H2,1-2H3,(H,18,21)(H,19,20). The second-order valence-electron chi connectivity index (χ2n) is 4.81. The van der Waals surface area contributed by atoms with Gasteiger partial charge in [0.2, 0.25) is 0 Å². The number of nitrogens with zero attached hydrogens (tertiary/aromatic N) is 2. The molecule has 2 rings (SSSR count). The van der Waals surface area contributed by atoms with Gasteiger partial charge in [-0.25, -0.2) is 0 Å². The van der Waals surface area contributed by atoms with E-state index in [1.54, 1.807) is 18.2 Å². The first-order valence-corrected chi connectivity index (χ1v) is 6.71. The van der Waals surface area contributed by atoms with Gasteiger partial charge in [-0.3, -0.25) is 9.89 Å². The maximum atomic E-state index is 12.2. The van der Waals surface area contributed by atoms with Crippen LogP contribution in [0.1, 0.15) is 40.7 Å². The third kappa shape index (κ3) is 3.03. The van der Waals surface area contributed by atoms with E-state index in [0.717, 1.165) is 24.1 Å². The molecule has 0 spiro atoms. The van der Waals surface area contributed by atoms with Crippen molar-refractivity contribution in [3.8, 4) is 6.07 Å². The maximum absolute atomic E-state index is 12.2. The highest BCUT2D eigenvalue weighted by Gasteiger charge is 2.17. The Balaban J connectivity index is 2.24. The highest BCUT2D eigenvalue weighted by molar-refractivity contribution is 6.06. The lowest BCUT2D eigenvalue weighted by atomic mass is 10.1. The van der Waals surface area contributed by atoms with E-state index < -0.39 is 0 Å². The van der Waals surface area contributed by atoms with Crippen LogP contribution in [0.4, 0.5) is 11.4 Å². The van der Waals surface area contributed by atoms with Crippen LogP contribution in [0.15, 0.2) is 18.2 Å². The van der Waals surface area contributed by atoms with Gasteiger partial charge in [-0.2, -0.15) is 10.4 Å². The highest BCUT2D eigenvalue weighted by Crippen LogP contribution is 2.20. The van der Waals surface area contributed by atoms with Crippen LogP contribution in [0.3, 0.4) is 0 Å². The fourth-order valence-corrected chi connectivity index (χ4v) is 2.01. The molecule has 6 nitrogen and oxygen atoms in total. The molecule has 0 saturated heterocycles. The molecule has 0 saturated carbocycles. The molecule has 0 fully saturated rings. The quantitative estimate of drug-likeness (QED) is 0.800. The average molecular weight is 283 g/mol. The fourth-order valence-electron chi connectivity index (χ4n) is 2.01. The first-order chi connectivity index (χ1) is 10.1. The summed E-state index contributed by atoms with van der Waals surface area (Å²) in [6.07, 6.45) is 1.66. The van der Waals surface area contributed by atoms with Gasteiger partial charge < -0.3 is 11.1 Å². The van der Waals surface area contributed by atoms with Gasteiger partial charge in [0.05, 0.1) is 23.0 Å². The van der Waals surface area contributed by atoms with Gasteiger partial charge in [0.25, 0.3) is 5.91 Å². The topological polar surface area (TPSA) is 108 Å². The smallest absolute Gasteiger partial charge is 0.278 e. The summed E-state index contributed by atoms with van der Waals surface area (Å²) in [4.78, 5) is 12.2. The molecule has 0 aliphatic rings. The molecule has 6 heteroatoms. The number of aromatic amines is 1. The second-order valence-corrected chi connectivity index (χ2v) is 4.81. The predicted molar refractivity (Wildman–Crippen MR) is 80.8 cm³/mol. The third-order valence-corrected chi connectivity index (χ3v) is 3.21. The number of hydrogen-bond donors (Lipinski definition) is 3. The van der Waals surface area contributed by atoms with Crippen LogP contribution >= 0.6 is 0 Å². The lowest BCUT2D eigenvalue weighted by molar-refractivity contribution is 0.102. The van der Waals surface area contributed by atoms with Crippen molar-refractivity contribution in [2.45, 2.75) is 26.7 Å². The number of aryl methyl sites for hydroxylation is 2. The molecule has 108 valence electrons. The minimum atomic E-state index is -0.385. The summed E-state index contributed by atoms with van der Waals surface area (Å²) in [5.74, 6) is -0.385. The van der Waals surface area contributed by atoms with Crippen molar-refractivity contribution in [2.24, 2.45) is 0 Å². The van der Waals surface area contributed by atoms with Crippen molar-refractivity contribution in [3.63, 3.8) is 0 Å². The van der Waals surface area contributed by atoms with Gasteiger partial charge in [-0.05, 0) is 31.0 Å². The van der Waals surface area contributed by atoms with Crippen LogP contribution in [0.2, 0.25) is 0 Å². The molecule has 0 aliphatic heterocycles. The number of anilines is 2. The first kappa shape index (κ1) is 14.6. The highest BCUT2D eigenvalue weighted by atomic mass is 16.2. The van der Waals surface area contributed by atoms with Crippen molar-refractivity contribution in [2.75, 3.05) is 11.1 Å². The Labute approximate surface area is 123 Å². The number of amides is 1. The zero-order valence-corrected chi connectivity index (χ0v) is 12.0. The molecule has 1 aromatic heterocycles. The predicted octanol–water partition coefficient (Wildman–Crippen LogP) is 2.38. The molecule has 21 heavy (non-hydrogen) atoms. The fraction of sp³-hybridized carbons (Fsp3) is 0.267. The molecule has 0 aliphatic carbocycles. The Morgan fingerprint density at radius 2 is 2.29 bits per heavy atom. The minimum Gasteiger partial charge on any atom is -0.395 e. The summed E-state index contributed by atoms with van der Waals surface area (Å²) < 4.78 is 0. The van der Waals surface area contributed by atoms with E-state index in [2.05, 4.69) is 15.5 Å². The molecule has 1 heterocycles. The molecule has 0 atom stereocenters. The Hall–Kier alpha value is -2.81. The molecule has 4 N–H and O–H groups in total. The molecule has 1 aromatic carbocycles. The van der Waals surface area contributed by atoms with Crippen molar-refractivity contribution in [1.82, 2.24) is 10.2 Å². The van der Waals surface area contributed by atoms with E-state index >= 15 is 0 Å². The molecular weight excluding hydrogens is 266 g/mol.